The number of hydrogen-bond donors (Lipinski definition) is 0. The maximum atomic E-state index is 14.2. The molecule has 2 saturated carbocycles. The van der Waals surface area contributed by atoms with Crippen molar-refractivity contribution in [2.45, 2.75) is 84.2 Å². The Hall–Kier alpha value is -1.13. The first kappa shape index (κ1) is 22.2. The molecule has 0 aliphatic heterocycles. The standard InChI is InChI=1S/C20H25F5.C2H6/c1-12-2-4-13(5-3-12)14-6-8-15(9-7-14)16-10-11-17(20(23,24)25)19(22)18(16)21;1-2/h10-15H,2-9H2,1H3;1-2H3. The smallest absolute Gasteiger partial charge is 0.203 e. The molecule has 0 N–H and O–H groups in total. The van der Waals surface area contributed by atoms with Gasteiger partial charge in [0, 0.05) is 0 Å². The SMILES string of the molecule is CC.CC1CCC(C2CCC(c3ccc(C(F)(F)F)c(F)c3F)CC2)CC1. The topological polar surface area (TPSA) is 0 Å². The summed E-state index contributed by atoms with van der Waals surface area (Å²) in [7, 11) is 0. The molecule has 0 saturated heterocycles. The van der Waals surface area contributed by atoms with E-state index in [-0.39, 0.29) is 11.5 Å². The summed E-state index contributed by atoms with van der Waals surface area (Å²) in [4.78, 5) is 0. The molecule has 0 amide bonds. The lowest BCUT2D eigenvalue weighted by Gasteiger charge is -2.37. The third-order valence-corrected chi connectivity index (χ3v) is 6.36. The number of alkyl halides is 3. The lowest BCUT2D eigenvalue weighted by Crippen LogP contribution is -2.25. The Morgan fingerprint density at radius 2 is 1.22 bits per heavy atom. The molecular formula is C22H31F5. The zero-order valence-corrected chi connectivity index (χ0v) is 16.5. The maximum Gasteiger partial charge on any atom is 0.419 e. The summed E-state index contributed by atoms with van der Waals surface area (Å²) in [5.74, 6) is -1.08. The van der Waals surface area contributed by atoms with Gasteiger partial charge in [-0.1, -0.05) is 39.7 Å². The van der Waals surface area contributed by atoms with E-state index in [1.807, 2.05) is 13.8 Å². The van der Waals surface area contributed by atoms with Crippen molar-refractivity contribution in [2.75, 3.05) is 0 Å². The maximum absolute atomic E-state index is 14.2. The molecule has 0 radical (unpaired) electrons. The van der Waals surface area contributed by atoms with Crippen molar-refractivity contribution in [2.24, 2.45) is 17.8 Å². The second-order valence-corrected chi connectivity index (χ2v) is 7.96. The van der Waals surface area contributed by atoms with Crippen LogP contribution in [0.5, 0.6) is 0 Å². The van der Waals surface area contributed by atoms with E-state index in [1.54, 1.807) is 0 Å². The lowest BCUT2D eigenvalue weighted by molar-refractivity contribution is -0.140. The summed E-state index contributed by atoms with van der Waals surface area (Å²) in [6.45, 7) is 6.29. The molecule has 0 heterocycles. The summed E-state index contributed by atoms with van der Waals surface area (Å²) >= 11 is 0. The lowest BCUT2D eigenvalue weighted by atomic mass is 9.68. The van der Waals surface area contributed by atoms with E-state index >= 15 is 0 Å². The van der Waals surface area contributed by atoms with E-state index < -0.39 is 23.4 Å². The van der Waals surface area contributed by atoms with Crippen LogP contribution in [0.15, 0.2) is 12.1 Å². The minimum Gasteiger partial charge on any atom is -0.203 e. The first-order chi connectivity index (χ1) is 12.8. The number of halogens is 5. The molecular weight excluding hydrogens is 359 g/mol. The minimum absolute atomic E-state index is 0.112. The Bertz CT molecular complexity index is 591. The van der Waals surface area contributed by atoms with Crippen LogP contribution in [0.2, 0.25) is 0 Å². The van der Waals surface area contributed by atoms with E-state index in [4.69, 9.17) is 0 Å². The van der Waals surface area contributed by atoms with Gasteiger partial charge in [0.25, 0.3) is 0 Å². The van der Waals surface area contributed by atoms with Gasteiger partial charge < -0.3 is 0 Å². The molecule has 2 aliphatic carbocycles. The molecule has 1 aromatic carbocycles. The van der Waals surface area contributed by atoms with E-state index in [0.717, 1.165) is 43.6 Å². The fraction of sp³-hybridized carbons (Fsp3) is 0.727. The Kier molecular flexibility index (Phi) is 7.70. The molecule has 0 atom stereocenters. The van der Waals surface area contributed by atoms with Crippen molar-refractivity contribution in [3.8, 4) is 0 Å². The highest BCUT2D eigenvalue weighted by Crippen LogP contribution is 2.45. The summed E-state index contributed by atoms with van der Waals surface area (Å²) < 4.78 is 66.1. The normalized spacial score (nSPS) is 29.0. The van der Waals surface area contributed by atoms with Crippen LogP contribution in [0.25, 0.3) is 0 Å². The van der Waals surface area contributed by atoms with Gasteiger partial charge in [-0.15, -0.1) is 0 Å². The highest BCUT2D eigenvalue weighted by atomic mass is 19.4. The molecule has 27 heavy (non-hydrogen) atoms. The molecule has 1 aromatic rings. The Labute approximate surface area is 159 Å². The van der Waals surface area contributed by atoms with Gasteiger partial charge >= 0.3 is 6.18 Å². The van der Waals surface area contributed by atoms with Crippen molar-refractivity contribution in [3.05, 3.63) is 34.9 Å². The van der Waals surface area contributed by atoms with Gasteiger partial charge in [0.05, 0.1) is 5.56 Å². The molecule has 0 spiro atoms. The van der Waals surface area contributed by atoms with Gasteiger partial charge in [0.1, 0.15) is 0 Å². The van der Waals surface area contributed by atoms with Crippen molar-refractivity contribution in [1.29, 1.82) is 0 Å². The van der Waals surface area contributed by atoms with E-state index in [1.165, 1.54) is 25.7 Å². The van der Waals surface area contributed by atoms with Crippen molar-refractivity contribution < 1.29 is 22.0 Å². The molecule has 0 nitrogen and oxygen atoms in total. The van der Waals surface area contributed by atoms with Crippen LogP contribution in [0.3, 0.4) is 0 Å². The monoisotopic (exact) mass is 390 g/mol. The first-order valence-corrected chi connectivity index (χ1v) is 10.3. The zero-order valence-electron chi connectivity index (χ0n) is 16.5. The van der Waals surface area contributed by atoms with Gasteiger partial charge in [0.15, 0.2) is 11.6 Å². The Morgan fingerprint density at radius 3 is 1.70 bits per heavy atom. The first-order valence-electron chi connectivity index (χ1n) is 10.3. The van der Waals surface area contributed by atoms with Crippen LogP contribution in [0.1, 0.15) is 89.2 Å². The highest BCUT2D eigenvalue weighted by Gasteiger charge is 2.37. The highest BCUT2D eigenvalue weighted by molar-refractivity contribution is 5.31. The fourth-order valence-corrected chi connectivity index (χ4v) is 4.76. The molecule has 5 heteroatoms. The third kappa shape index (κ3) is 5.23. The van der Waals surface area contributed by atoms with Crippen LogP contribution < -0.4 is 0 Å². The molecule has 2 aliphatic rings. The molecule has 0 bridgehead atoms. The van der Waals surface area contributed by atoms with E-state index in [0.29, 0.717) is 12.0 Å². The van der Waals surface area contributed by atoms with Crippen molar-refractivity contribution in [3.63, 3.8) is 0 Å². The largest absolute Gasteiger partial charge is 0.419 e. The fourth-order valence-electron chi connectivity index (χ4n) is 4.76. The Morgan fingerprint density at radius 1 is 0.741 bits per heavy atom. The predicted octanol–water partition coefficient (Wildman–Crippen LogP) is 8.11. The van der Waals surface area contributed by atoms with Gasteiger partial charge in [-0.3, -0.25) is 0 Å². The van der Waals surface area contributed by atoms with Crippen molar-refractivity contribution >= 4 is 0 Å². The Balaban J connectivity index is 0.00000126. The molecule has 0 unspecified atom stereocenters. The van der Waals surface area contributed by atoms with Gasteiger partial charge in [-0.2, -0.15) is 13.2 Å². The quantitative estimate of drug-likeness (QED) is 0.447. The summed E-state index contributed by atoms with van der Waals surface area (Å²) in [5, 5.41) is 0. The second kappa shape index (κ2) is 9.38. The van der Waals surface area contributed by atoms with Gasteiger partial charge in [-0.05, 0) is 73.8 Å². The predicted molar refractivity (Wildman–Crippen MR) is 98.5 cm³/mol. The summed E-state index contributed by atoms with van der Waals surface area (Å²) in [6, 6.07) is 1.82. The minimum atomic E-state index is -4.86. The van der Waals surface area contributed by atoms with Crippen LogP contribution in [0, 0.1) is 29.4 Å². The third-order valence-electron chi connectivity index (χ3n) is 6.36. The summed E-state index contributed by atoms with van der Waals surface area (Å²) in [5.41, 5.74) is -1.40. The van der Waals surface area contributed by atoms with Crippen LogP contribution in [-0.2, 0) is 6.18 Å². The van der Waals surface area contributed by atoms with Crippen LogP contribution >= 0.6 is 0 Å². The van der Waals surface area contributed by atoms with E-state index in [2.05, 4.69) is 6.92 Å². The number of benzene rings is 1. The number of rotatable bonds is 2. The van der Waals surface area contributed by atoms with Gasteiger partial charge in [0.2, 0.25) is 0 Å². The van der Waals surface area contributed by atoms with E-state index in [9.17, 15) is 22.0 Å². The van der Waals surface area contributed by atoms with Crippen molar-refractivity contribution in [1.82, 2.24) is 0 Å². The number of hydrogen-bond acceptors (Lipinski definition) is 0. The zero-order chi connectivity index (χ0) is 20.2. The average Bonchev–Trinajstić information content (AvgIpc) is 2.65. The summed E-state index contributed by atoms with van der Waals surface area (Å²) in [6.07, 6.45) is 3.57. The average molecular weight is 390 g/mol. The molecule has 3 rings (SSSR count). The second-order valence-electron chi connectivity index (χ2n) is 7.96. The molecule has 2 fully saturated rings. The van der Waals surface area contributed by atoms with Crippen LogP contribution in [-0.4, -0.2) is 0 Å². The molecule has 154 valence electrons. The van der Waals surface area contributed by atoms with Gasteiger partial charge in [-0.25, -0.2) is 8.78 Å². The molecule has 0 aromatic heterocycles. The van der Waals surface area contributed by atoms with Crippen LogP contribution in [0.4, 0.5) is 22.0 Å².